The molecule has 0 unspecified atom stereocenters. The highest BCUT2D eigenvalue weighted by molar-refractivity contribution is 5.32. The Kier molecular flexibility index (Phi) is 6.10. The molecule has 0 fully saturated rings. The van der Waals surface area contributed by atoms with E-state index in [4.69, 9.17) is 15.2 Å². The highest BCUT2D eigenvalue weighted by atomic mass is 16.5. The molecule has 2 aromatic carbocycles. The first kappa shape index (κ1) is 15.4. The number of nitrogens with two attached hydrogens (primary N) is 1. The van der Waals surface area contributed by atoms with E-state index >= 15 is 0 Å². The number of hydrogen-bond donors (Lipinski definition) is 1. The van der Waals surface area contributed by atoms with E-state index in [1.165, 1.54) is 11.1 Å². The molecular formula is C18H23NO2. The molecule has 0 aliphatic rings. The molecule has 0 spiro atoms. The second-order valence-corrected chi connectivity index (χ2v) is 4.92. The lowest BCUT2D eigenvalue weighted by Crippen LogP contribution is -2.07. The van der Waals surface area contributed by atoms with Gasteiger partial charge in [0.05, 0.1) is 6.61 Å². The second-order valence-electron chi connectivity index (χ2n) is 4.92. The first-order valence-corrected chi connectivity index (χ1v) is 7.46. The van der Waals surface area contributed by atoms with Gasteiger partial charge in [0.25, 0.3) is 0 Å². The van der Waals surface area contributed by atoms with Crippen molar-refractivity contribution in [1.82, 2.24) is 0 Å². The summed E-state index contributed by atoms with van der Waals surface area (Å²) in [7, 11) is 0. The lowest BCUT2D eigenvalue weighted by molar-refractivity contribution is 0.300. The Morgan fingerprint density at radius 1 is 0.857 bits per heavy atom. The third-order valence-corrected chi connectivity index (χ3v) is 3.22. The van der Waals surface area contributed by atoms with Crippen LogP contribution in [0.5, 0.6) is 11.5 Å². The van der Waals surface area contributed by atoms with Gasteiger partial charge in [-0.1, -0.05) is 31.2 Å². The third kappa shape index (κ3) is 4.80. The fourth-order valence-electron chi connectivity index (χ4n) is 2.11. The second kappa shape index (κ2) is 8.32. The SMILES string of the molecule is CCCOc1ccc(OCc2ccccc2CCN)cc1. The molecule has 112 valence electrons. The van der Waals surface area contributed by atoms with Crippen molar-refractivity contribution in [3.8, 4) is 11.5 Å². The van der Waals surface area contributed by atoms with Gasteiger partial charge in [-0.15, -0.1) is 0 Å². The maximum Gasteiger partial charge on any atom is 0.120 e. The van der Waals surface area contributed by atoms with Gasteiger partial charge in [-0.25, -0.2) is 0 Å². The normalized spacial score (nSPS) is 10.4. The number of benzene rings is 2. The summed E-state index contributed by atoms with van der Waals surface area (Å²) >= 11 is 0. The molecule has 2 rings (SSSR count). The molecule has 0 radical (unpaired) electrons. The van der Waals surface area contributed by atoms with Crippen molar-refractivity contribution in [2.24, 2.45) is 5.73 Å². The Hall–Kier alpha value is -2.00. The molecule has 0 atom stereocenters. The summed E-state index contributed by atoms with van der Waals surface area (Å²) in [5, 5.41) is 0. The van der Waals surface area contributed by atoms with Crippen LogP contribution in [0, 0.1) is 0 Å². The van der Waals surface area contributed by atoms with Crippen LogP contribution in [0.2, 0.25) is 0 Å². The summed E-state index contributed by atoms with van der Waals surface area (Å²) in [5.74, 6) is 1.73. The zero-order valence-corrected chi connectivity index (χ0v) is 12.5. The number of ether oxygens (including phenoxy) is 2. The van der Waals surface area contributed by atoms with E-state index in [0.29, 0.717) is 13.2 Å². The van der Waals surface area contributed by atoms with E-state index in [-0.39, 0.29) is 0 Å². The Morgan fingerprint density at radius 2 is 1.48 bits per heavy atom. The maximum absolute atomic E-state index is 5.84. The molecule has 0 aromatic heterocycles. The van der Waals surface area contributed by atoms with Gasteiger partial charge in [0.15, 0.2) is 0 Å². The predicted molar refractivity (Wildman–Crippen MR) is 85.8 cm³/mol. The largest absolute Gasteiger partial charge is 0.494 e. The first-order valence-electron chi connectivity index (χ1n) is 7.46. The summed E-state index contributed by atoms with van der Waals surface area (Å²) in [6, 6.07) is 16.0. The number of rotatable bonds is 8. The van der Waals surface area contributed by atoms with Crippen molar-refractivity contribution >= 4 is 0 Å². The molecule has 2 N–H and O–H groups in total. The quantitative estimate of drug-likeness (QED) is 0.806. The van der Waals surface area contributed by atoms with Gasteiger partial charge in [0, 0.05) is 0 Å². The molecule has 0 aliphatic carbocycles. The van der Waals surface area contributed by atoms with Crippen LogP contribution in [0.25, 0.3) is 0 Å². The van der Waals surface area contributed by atoms with E-state index in [1.54, 1.807) is 0 Å². The minimum atomic E-state index is 0.561. The zero-order chi connectivity index (χ0) is 14.9. The van der Waals surface area contributed by atoms with Crippen molar-refractivity contribution in [3.05, 3.63) is 59.7 Å². The van der Waals surface area contributed by atoms with Crippen LogP contribution in [0.15, 0.2) is 48.5 Å². The maximum atomic E-state index is 5.84. The van der Waals surface area contributed by atoms with Crippen LogP contribution in [0.3, 0.4) is 0 Å². The van der Waals surface area contributed by atoms with Gasteiger partial charge in [0.2, 0.25) is 0 Å². The first-order chi connectivity index (χ1) is 10.3. The minimum Gasteiger partial charge on any atom is -0.494 e. The summed E-state index contributed by atoms with van der Waals surface area (Å²) in [5.41, 5.74) is 8.08. The Bertz CT molecular complexity index is 537. The standard InChI is InChI=1S/C18H23NO2/c1-2-13-20-17-7-9-18(10-8-17)21-14-16-6-4-3-5-15(16)11-12-19/h3-10H,2,11-14,19H2,1H3. The van der Waals surface area contributed by atoms with E-state index < -0.39 is 0 Å². The summed E-state index contributed by atoms with van der Waals surface area (Å²) in [6.45, 7) is 4.05. The Balaban J connectivity index is 1.93. The molecule has 0 bridgehead atoms. The van der Waals surface area contributed by atoms with Gasteiger partial charge >= 0.3 is 0 Å². The van der Waals surface area contributed by atoms with Crippen molar-refractivity contribution in [2.75, 3.05) is 13.2 Å². The van der Waals surface area contributed by atoms with Crippen LogP contribution < -0.4 is 15.2 Å². The monoisotopic (exact) mass is 285 g/mol. The lowest BCUT2D eigenvalue weighted by atomic mass is 10.1. The predicted octanol–water partition coefficient (Wildman–Crippen LogP) is 3.56. The van der Waals surface area contributed by atoms with Gasteiger partial charge in [-0.05, 0) is 54.8 Å². The van der Waals surface area contributed by atoms with Gasteiger partial charge in [-0.2, -0.15) is 0 Å². The van der Waals surface area contributed by atoms with Crippen LogP contribution in [-0.4, -0.2) is 13.2 Å². The lowest BCUT2D eigenvalue weighted by Gasteiger charge is -2.11. The van der Waals surface area contributed by atoms with E-state index in [9.17, 15) is 0 Å². The van der Waals surface area contributed by atoms with E-state index in [0.717, 1.165) is 30.9 Å². The Morgan fingerprint density at radius 3 is 2.10 bits per heavy atom. The van der Waals surface area contributed by atoms with Gasteiger partial charge in [-0.3, -0.25) is 0 Å². The molecule has 0 saturated heterocycles. The molecule has 2 aromatic rings. The van der Waals surface area contributed by atoms with Crippen molar-refractivity contribution in [3.63, 3.8) is 0 Å². The third-order valence-electron chi connectivity index (χ3n) is 3.22. The fraction of sp³-hybridized carbons (Fsp3) is 0.333. The molecule has 0 aliphatic heterocycles. The van der Waals surface area contributed by atoms with E-state index in [1.807, 2.05) is 36.4 Å². The smallest absolute Gasteiger partial charge is 0.120 e. The summed E-state index contributed by atoms with van der Waals surface area (Å²) < 4.78 is 11.4. The molecular weight excluding hydrogens is 262 g/mol. The van der Waals surface area contributed by atoms with Crippen LogP contribution in [0.4, 0.5) is 0 Å². The summed E-state index contributed by atoms with van der Waals surface area (Å²) in [6.07, 6.45) is 1.89. The molecule has 21 heavy (non-hydrogen) atoms. The molecule has 3 heteroatoms. The minimum absolute atomic E-state index is 0.561. The molecule has 0 saturated carbocycles. The Labute approximate surface area is 126 Å². The van der Waals surface area contributed by atoms with Crippen molar-refractivity contribution in [1.29, 1.82) is 0 Å². The zero-order valence-electron chi connectivity index (χ0n) is 12.5. The average molecular weight is 285 g/mol. The van der Waals surface area contributed by atoms with Gasteiger partial charge < -0.3 is 15.2 Å². The highest BCUT2D eigenvalue weighted by Crippen LogP contribution is 2.19. The van der Waals surface area contributed by atoms with E-state index in [2.05, 4.69) is 19.1 Å². The van der Waals surface area contributed by atoms with Crippen molar-refractivity contribution in [2.45, 2.75) is 26.4 Å². The van der Waals surface area contributed by atoms with Crippen LogP contribution in [0.1, 0.15) is 24.5 Å². The molecule has 0 heterocycles. The fourth-order valence-corrected chi connectivity index (χ4v) is 2.11. The number of hydrogen-bond acceptors (Lipinski definition) is 3. The highest BCUT2D eigenvalue weighted by Gasteiger charge is 2.02. The molecule has 3 nitrogen and oxygen atoms in total. The van der Waals surface area contributed by atoms with Crippen molar-refractivity contribution < 1.29 is 9.47 Å². The topological polar surface area (TPSA) is 44.5 Å². The molecule has 0 amide bonds. The summed E-state index contributed by atoms with van der Waals surface area (Å²) in [4.78, 5) is 0. The van der Waals surface area contributed by atoms with Gasteiger partial charge in [0.1, 0.15) is 18.1 Å². The average Bonchev–Trinajstić information content (AvgIpc) is 2.53. The van der Waals surface area contributed by atoms with Crippen LogP contribution in [-0.2, 0) is 13.0 Å². The van der Waals surface area contributed by atoms with Crippen LogP contribution >= 0.6 is 0 Å².